The first-order valence-corrected chi connectivity index (χ1v) is 10.4. The average molecular weight is 422 g/mol. The summed E-state index contributed by atoms with van der Waals surface area (Å²) in [6.45, 7) is 5.46. The van der Waals surface area contributed by atoms with Crippen LogP contribution in [0.5, 0.6) is 0 Å². The molecule has 158 valence electrons. The Balaban J connectivity index is 1.92. The van der Waals surface area contributed by atoms with E-state index in [1.807, 2.05) is 74.5 Å². The highest BCUT2D eigenvalue weighted by atomic mass is 16.1. The Hall–Kier alpha value is -4.17. The number of rotatable bonds is 5. The van der Waals surface area contributed by atoms with Crippen molar-refractivity contribution in [2.75, 3.05) is 5.32 Å². The minimum Gasteiger partial charge on any atom is -0.378 e. The molecule has 0 aliphatic heterocycles. The molecule has 0 amide bonds. The summed E-state index contributed by atoms with van der Waals surface area (Å²) in [5.74, 6) is -0.0205. The molecule has 0 bridgehead atoms. The molecule has 5 nitrogen and oxygen atoms in total. The van der Waals surface area contributed by atoms with Gasteiger partial charge in [0.1, 0.15) is 11.6 Å². The molecule has 0 saturated carbocycles. The molecule has 0 aliphatic carbocycles. The number of aromatic nitrogens is 1. The summed E-state index contributed by atoms with van der Waals surface area (Å²) in [7, 11) is 0. The molecule has 0 spiro atoms. The molecule has 2 N–H and O–H groups in total. The monoisotopic (exact) mass is 421 g/mol. The fraction of sp³-hybridized carbons (Fsp3) is 0.148. The van der Waals surface area contributed by atoms with Crippen molar-refractivity contribution in [2.45, 2.75) is 26.8 Å². The number of nitriles is 1. The number of hydrogen-bond acceptors (Lipinski definition) is 4. The average Bonchev–Trinajstić information content (AvgIpc) is 2.79. The van der Waals surface area contributed by atoms with E-state index in [4.69, 9.17) is 0 Å². The number of aryl methyl sites for hydroxylation is 1. The number of hydrogen-bond donors (Lipinski definition) is 2. The maximum atomic E-state index is 13.3. The van der Waals surface area contributed by atoms with Crippen molar-refractivity contribution < 1.29 is 4.79 Å². The van der Waals surface area contributed by atoms with Crippen LogP contribution in [0.4, 0.5) is 5.69 Å². The third kappa shape index (κ3) is 3.79. The summed E-state index contributed by atoms with van der Waals surface area (Å²) in [6, 6.07) is 22.5. The first-order chi connectivity index (χ1) is 15.4. The number of pyridine rings is 1. The molecule has 5 heteroatoms. The lowest BCUT2D eigenvalue weighted by Crippen LogP contribution is -2.15. The molecule has 1 heterocycles. The van der Waals surface area contributed by atoms with Gasteiger partial charge in [-0.15, -0.1) is 0 Å². The molecular formula is C27H23N3O2. The van der Waals surface area contributed by atoms with E-state index in [9.17, 15) is 14.9 Å². The smallest absolute Gasteiger partial charge is 0.207 e. The van der Waals surface area contributed by atoms with Crippen molar-refractivity contribution >= 4 is 22.4 Å². The van der Waals surface area contributed by atoms with Gasteiger partial charge in [0, 0.05) is 16.6 Å². The van der Waals surface area contributed by atoms with Gasteiger partial charge in [-0.05, 0) is 55.7 Å². The van der Waals surface area contributed by atoms with Gasteiger partial charge in [-0.1, -0.05) is 48.5 Å². The van der Waals surface area contributed by atoms with E-state index in [1.165, 1.54) is 0 Å². The number of ketones is 1. The second-order valence-electron chi connectivity index (χ2n) is 7.93. The largest absolute Gasteiger partial charge is 0.378 e. The Morgan fingerprint density at radius 1 is 1.06 bits per heavy atom. The van der Waals surface area contributed by atoms with Crippen LogP contribution in [0, 0.1) is 18.3 Å². The van der Waals surface area contributed by atoms with Crippen LogP contribution in [0.2, 0.25) is 0 Å². The van der Waals surface area contributed by atoms with Crippen LogP contribution in [-0.2, 0) is 0 Å². The van der Waals surface area contributed by atoms with Crippen molar-refractivity contribution in [1.82, 2.24) is 4.98 Å². The third-order valence-electron chi connectivity index (χ3n) is 5.60. The van der Waals surface area contributed by atoms with Gasteiger partial charge in [-0.3, -0.25) is 9.59 Å². The van der Waals surface area contributed by atoms with E-state index in [-0.39, 0.29) is 22.8 Å². The van der Waals surface area contributed by atoms with Gasteiger partial charge in [0.25, 0.3) is 0 Å². The quantitative estimate of drug-likeness (QED) is 0.402. The van der Waals surface area contributed by atoms with Crippen molar-refractivity contribution in [2.24, 2.45) is 0 Å². The first kappa shape index (κ1) is 21.1. The fourth-order valence-electron chi connectivity index (χ4n) is 4.07. The van der Waals surface area contributed by atoms with Crippen molar-refractivity contribution in [3.63, 3.8) is 0 Å². The number of Topliss-reactive ketones (excluding diaryl/α,β-unsaturated/α-hetero) is 1. The summed E-state index contributed by atoms with van der Waals surface area (Å²) in [6.07, 6.45) is 0. The normalized spacial score (nSPS) is 11.7. The number of nitrogens with one attached hydrogen (secondary N) is 2. The number of nitrogens with zero attached hydrogens (tertiary/aromatic N) is 1. The first-order valence-electron chi connectivity index (χ1n) is 10.4. The summed E-state index contributed by atoms with van der Waals surface area (Å²) >= 11 is 0. The highest BCUT2D eigenvalue weighted by molar-refractivity contribution is 5.99. The van der Waals surface area contributed by atoms with Crippen LogP contribution in [-0.4, -0.2) is 10.8 Å². The maximum absolute atomic E-state index is 13.3. The van der Waals surface area contributed by atoms with Crippen LogP contribution >= 0.6 is 0 Å². The molecule has 32 heavy (non-hydrogen) atoms. The fourth-order valence-corrected chi connectivity index (χ4v) is 4.07. The molecule has 0 radical (unpaired) electrons. The highest BCUT2D eigenvalue weighted by Gasteiger charge is 2.19. The number of carbonyl (C=O) groups excluding carboxylic acids is 1. The number of fused-ring (bicyclic) bond motifs is 1. The van der Waals surface area contributed by atoms with Crippen LogP contribution in [0.3, 0.4) is 0 Å². The Morgan fingerprint density at radius 3 is 2.44 bits per heavy atom. The summed E-state index contributed by atoms with van der Waals surface area (Å²) in [5, 5.41) is 13.6. The Morgan fingerprint density at radius 2 is 1.75 bits per heavy atom. The number of anilines is 1. The molecular weight excluding hydrogens is 398 g/mol. The van der Waals surface area contributed by atoms with E-state index in [1.54, 1.807) is 13.0 Å². The number of H-pyrrole nitrogens is 1. The maximum Gasteiger partial charge on any atom is 0.207 e. The van der Waals surface area contributed by atoms with E-state index >= 15 is 0 Å². The third-order valence-corrected chi connectivity index (χ3v) is 5.60. The van der Waals surface area contributed by atoms with E-state index in [0.717, 1.165) is 22.4 Å². The van der Waals surface area contributed by atoms with E-state index < -0.39 is 0 Å². The van der Waals surface area contributed by atoms with Crippen LogP contribution in [0.25, 0.3) is 22.2 Å². The molecule has 0 saturated heterocycles. The standard InChI is InChI=1S/C27H23N3O2/c1-16-13-21(17(2)29-24-12-8-7-11-20(24)18(3)31)26-22(14-16)27(32)23(15-28)25(30-26)19-9-5-4-6-10-19/h4-14,17,29H,1-3H3,(H,30,32). The van der Waals surface area contributed by atoms with Crippen LogP contribution in [0.15, 0.2) is 71.5 Å². The number of para-hydroxylation sites is 1. The van der Waals surface area contributed by atoms with Crippen LogP contribution < -0.4 is 10.7 Å². The van der Waals surface area contributed by atoms with Crippen molar-refractivity contribution in [3.8, 4) is 17.3 Å². The highest BCUT2D eigenvalue weighted by Crippen LogP contribution is 2.30. The van der Waals surface area contributed by atoms with Gasteiger partial charge in [0.15, 0.2) is 5.78 Å². The number of carbonyl (C=O) groups is 1. The molecule has 0 fully saturated rings. The number of benzene rings is 3. The molecule has 1 atom stereocenters. The Labute approximate surface area is 186 Å². The van der Waals surface area contributed by atoms with Crippen molar-refractivity contribution in [3.05, 3.63) is 99.2 Å². The Kier molecular flexibility index (Phi) is 5.61. The van der Waals surface area contributed by atoms with E-state index in [2.05, 4.69) is 16.4 Å². The van der Waals surface area contributed by atoms with Crippen molar-refractivity contribution in [1.29, 1.82) is 5.26 Å². The zero-order valence-electron chi connectivity index (χ0n) is 18.2. The minimum atomic E-state index is -0.290. The van der Waals surface area contributed by atoms with E-state index in [0.29, 0.717) is 22.2 Å². The molecule has 0 aliphatic rings. The lowest BCUT2D eigenvalue weighted by molar-refractivity contribution is 0.101. The van der Waals surface area contributed by atoms with Gasteiger partial charge >= 0.3 is 0 Å². The topological polar surface area (TPSA) is 85.8 Å². The molecule has 3 aromatic carbocycles. The van der Waals surface area contributed by atoms with Gasteiger partial charge in [0.2, 0.25) is 5.43 Å². The predicted molar refractivity (Wildman–Crippen MR) is 128 cm³/mol. The Bertz CT molecular complexity index is 1430. The second kappa shape index (κ2) is 8.52. The zero-order valence-corrected chi connectivity index (χ0v) is 18.2. The lowest BCUT2D eigenvalue weighted by atomic mass is 9.96. The van der Waals surface area contributed by atoms with Gasteiger partial charge < -0.3 is 10.3 Å². The molecule has 4 rings (SSSR count). The second-order valence-corrected chi connectivity index (χ2v) is 7.93. The minimum absolute atomic E-state index is 0.0205. The van der Waals surface area contributed by atoms with Gasteiger partial charge in [-0.2, -0.15) is 5.26 Å². The van der Waals surface area contributed by atoms with Crippen LogP contribution in [0.1, 0.15) is 46.9 Å². The summed E-state index contributed by atoms with van der Waals surface area (Å²) in [5.41, 5.74) is 4.93. The van der Waals surface area contributed by atoms with Gasteiger partial charge in [-0.25, -0.2) is 0 Å². The SMILES string of the molecule is CC(=O)c1ccccc1NC(C)c1cc(C)cc2c(=O)c(C#N)c(-c3ccccc3)[nH]c12. The molecule has 1 unspecified atom stereocenters. The molecule has 1 aromatic heterocycles. The predicted octanol–water partition coefficient (Wildman–Crippen LogP) is 5.75. The lowest BCUT2D eigenvalue weighted by Gasteiger charge is -2.20. The van der Waals surface area contributed by atoms with Gasteiger partial charge in [0.05, 0.1) is 17.3 Å². The summed E-state index contributed by atoms with van der Waals surface area (Å²) < 4.78 is 0. The number of aromatic amines is 1. The zero-order chi connectivity index (χ0) is 22.8. The summed E-state index contributed by atoms with van der Waals surface area (Å²) in [4.78, 5) is 28.7. The molecule has 4 aromatic rings.